The zero-order chi connectivity index (χ0) is 25.4. The van der Waals surface area contributed by atoms with Crippen LogP contribution in [0.4, 0.5) is 4.79 Å². The number of rotatable bonds is 9. The van der Waals surface area contributed by atoms with E-state index in [0.29, 0.717) is 19.5 Å². The average Bonchev–Trinajstić information content (AvgIpc) is 2.83. The highest BCUT2D eigenvalue weighted by Crippen LogP contribution is 2.21. The fraction of sp³-hybridized carbons (Fsp3) is 0.400. The number of aryl methyl sites for hydroxylation is 1. The molecule has 0 aromatic heterocycles. The van der Waals surface area contributed by atoms with Crippen molar-refractivity contribution in [3.05, 3.63) is 83.9 Å². The lowest BCUT2D eigenvalue weighted by molar-refractivity contribution is -0.135. The fourth-order valence-electron chi connectivity index (χ4n) is 4.25. The fourth-order valence-corrected chi connectivity index (χ4v) is 4.25. The molecule has 35 heavy (non-hydrogen) atoms. The van der Waals surface area contributed by atoms with Gasteiger partial charge in [-0.05, 0) is 62.4 Å². The Morgan fingerprint density at radius 2 is 1.54 bits per heavy atom. The number of hydrogen-bond acceptors (Lipinski definition) is 3. The van der Waals surface area contributed by atoms with Crippen molar-refractivity contribution in [2.45, 2.75) is 58.6 Å². The van der Waals surface area contributed by atoms with Crippen molar-refractivity contribution < 1.29 is 14.3 Å². The Bertz CT molecular complexity index is 1120. The molecule has 5 heteroatoms. The van der Waals surface area contributed by atoms with Crippen LogP contribution in [0.2, 0.25) is 0 Å². The summed E-state index contributed by atoms with van der Waals surface area (Å²) in [5.41, 5.74) is 1.63. The maximum atomic E-state index is 13.7. The maximum absolute atomic E-state index is 13.7. The quantitative estimate of drug-likeness (QED) is 0.377. The minimum absolute atomic E-state index is 0.0704. The van der Waals surface area contributed by atoms with E-state index in [1.165, 1.54) is 5.56 Å². The minimum Gasteiger partial charge on any atom is -0.444 e. The van der Waals surface area contributed by atoms with Gasteiger partial charge >= 0.3 is 6.09 Å². The molecule has 3 aromatic carbocycles. The summed E-state index contributed by atoms with van der Waals surface area (Å²) in [4.78, 5) is 30.1. The molecule has 0 N–H and O–H groups in total. The normalized spacial score (nSPS) is 12.3. The molecule has 186 valence electrons. The number of hydrogen-bond donors (Lipinski definition) is 0. The number of likely N-dealkylation sites (N-methyl/N-ethyl adjacent to an activating group) is 2. The van der Waals surface area contributed by atoms with Gasteiger partial charge in [-0.15, -0.1) is 0 Å². The van der Waals surface area contributed by atoms with Crippen LogP contribution >= 0.6 is 0 Å². The molecular formula is C30H38N2O3. The molecule has 0 aliphatic heterocycles. The molecule has 0 spiro atoms. The van der Waals surface area contributed by atoms with Gasteiger partial charge in [0, 0.05) is 26.6 Å². The molecular weight excluding hydrogens is 436 g/mol. The third-order valence-electron chi connectivity index (χ3n) is 6.05. The van der Waals surface area contributed by atoms with Crippen LogP contribution in [0.1, 0.15) is 45.2 Å². The van der Waals surface area contributed by atoms with Crippen LogP contribution in [-0.4, -0.2) is 53.6 Å². The van der Waals surface area contributed by atoms with Crippen LogP contribution in [0.5, 0.6) is 0 Å². The Hall–Kier alpha value is -3.34. The number of carbonyl (C=O) groups excluding carboxylic acids is 2. The number of amides is 2. The highest BCUT2D eigenvalue weighted by molar-refractivity contribution is 5.87. The molecule has 0 radical (unpaired) electrons. The summed E-state index contributed by atoms with van der Waals surface area (Å²) in [6, 6.07) is 24.0. The molecule has 3 aromatic rings. The van der Waals surface area contributed by atoms with Crippen LogP contribution in [-0.2, 0) is 22.4 Å². The molecule has 0 fully saturated rings. The van der Waals surface area contributed by atoms with Crippen molar-refractivity contribution in [1.29, 1.82) is 0 Å². The third-order valence-corrected chi connectivity index (χ3v) is 6.05. The largest absolute Gasteiger partial charge is 0.444 e. The lowest BCUT2D eigenvalue weighted by atomic mass is 10.00. The summed E-state index contributed by atoms with van der Waals surface area (Å²) in [7, 11) is 1.82. The lowest BCUT2D eigenvalue weighted by Gasteiger charge is -2.34. The standard InChI is InChI=1S/C30H38N2O3/c1-6-32(29(34)35-30(2,3)4)27(22-24-18-19-25-16-10-11-17-26(25)21-24)28(33)31(5)20-12-15-23-13-8-7-9-14-23/h7-11,13-14,16-19,21,27H,6,12,15,20,22H2,1-5H3. The van der Waals surface area contributed by atoms with Gasteiger partial charge in [-0.1, -0.05) is 72.8 Å². The van der Waals surface area contributed by atoms with Gasteiger partial charge in [0.25, 0.3) is 0 Å². The summed E-state index contributed by atoms with van der Waals surface area (Å²) in [5.74, 6) is -0.0704. The second-order valence-corrected chi connectivity index (χ2v) is 10.0. The SMILES string of the molecule is CCN(C(=O)OC(C)(C)C)C(Cc1ccc2ccccc2c1)C(=O)N(C)CCCc1ccccc1. The van der Waals surface area contributed by atoms with Gasteiger partial charge in [-0.3, -0.25) is 9.69 Å². The number of carbonyl (C=O) groups is 2. The molecule has 0 saturated carbocycles. The Kier molecular flexibility index (Phi) is 8.91. The molecule has 0 aliphatic rings. The van der Waals surface area contributed by atoms with E-state index in [4.69, 9.17) is 4.74 Å². The zero-order valence-corrected chi connectivity index (χ0v) is 21.7. The van der Waals surface area contributed by atoms with Crippen molar-refractivity contribution in [3.8, 4) is 0 Å². The maximum Gasteiger partial charge on any atom is 0.410 e. The van der Waals surface area contributed by atoms with E-state index in [9.17, 15) is 9.59 Å². The molecule has 2 amide bonds. The Morgan fingerprint density at radius 1 is 0.886 bits per heavy atom. The highest BCUT2D eigenvalue weighted by atomic mass is 16.6. The smallest absolute Gasteiger partial charge is 0.410 e. The summed E-state index contributed by atoms with van der Waals surface area (Å²) in [6.07, 6.45) is 1.72. The molecule has 0 heterocycles. The van der Waals surface area contributed by atoms with E-state index in [-0.39, 0.29) is 5.91 Å². The van der Waals surface area contributed by atoms with E-state index in [0.717, 1.165) is 29.2 Å². The van der Waals surface area contributed by atoms with Crippen molar-refractivity contribution in [1.82, 2.24) is 9.80 Å². The van der Waals surface area contributed by atoms with Crippen LogP contribution in [0.15, 0.2) is 72.8 Å². The van der Waals surface area contributed by atoms with Gasteiger partial charge in [0.15, 0.2) is 0 Å². The van der Waals surface area contributed by atoms with Crippen LogP contribution in [0, 0.1) is 0 Å². The average molecular weight is 475 g/mol. The molecule has 1 atom stereocenters. The second-order valence-electron chi connectivity index (χ2n) is 10.0. The lowest BCUT2D eigenvalue weighted by Crippen LogP contribution is -2.52. The first-order valence-electron chi connectivity index (χ1n) is 12.4. The first kappa shape index (κ1) is 26.3. The predicted molar refractivity (Wildman–Crippen MR) is 142 cm³/mol. The molecule has 0 saturated heterocycles. The molecule has 0 bridgehead atoms. The first-order chi connectivity index (χ1) is 16.7. The van der Waals surface area contributed by atoms with Gasteiger partial charge in [0.2, 0.25) is 5.91 Å². The number of benzene rings is 3. The Balaban J connectivity index is 1.80. The van der Waals surface area contributed by atoms with Crippen LogP contribution < -0.4 is 0 Å². The third kappa shape index (κ3) is 7.57. The molecule has 0 aliphatic carbocycles. The zero-order valence-electron chi connectivity index (χ0n) is 21.7. The van der Waals surface area contributed by atoms with Crippen LogP contribution in [0.3, 0.4) is 0 Å². The summed E-state index contributed by atoms with van der Waals surface area (Å²) < 4.78 is 5.66. The van der Waals surface area contributed by atoms with Crippen molar-refractivity contribution >= 4 is 22.8 Å². The van der Waals surface area contributed by atoms with Crippen molar-refractivity contribution in [2.75, 3.05) is 20.1 Å². The highest BCUT2D eigenvalue weighted by Gasteiger charge is 2.33. The van der Waals surface area contributed by atoms with E-state index < -0.39 is 17.7 Å². The topological polar surface area (TPSA) is 49.9 Å². The first-order valence-corrected chi connectivity index (χ1v) is 12.4. The minimum atomic E-state index is -0.641. The molecule has 5 nitrogen and oxygen atoms in total. The van der Waals surface area contributed by atoms with E-state index in [2.05, 4.69) is 36.4 Å². The van der Waals surface area contributed by atoms with E-state index >= 15 is 0 Å². The molecule has 3 rings (SSSR count). The van der Waals surface area contributed by atoms with Gasteiger partial charge in [0.1, 0.15) is 11.6 Å². The predicted octanol–water partition coefficient (Wildman–Crippen LogP) is 6.10. The summed E-state index contributed by atoms with van der Waals surface area (Å²) in [5, 5.41) is 2.27. The van der Waals surface area contributed by atoms with Gasteiger partial charge in [-0.25, -0.2) is 4.79 Å². The number of nitrogens with zero attached hydrogens (tertiary/aromatic N) is 2. The van der Waals surface area contributed by atoms with Gasteiger partial charge in [-0.2, -0.15) is 0 Å². The second kappa shape index (κ2) is 11.9. The van der Waals surface area contributed by atoms with Gasteiger partial charge < -0.3 is 9.64 Å². The van der Waals surface area contributed by atoms with E-state index in [1.54, 1.807) is 9.80 Å². The number of ether oxygens (including phenoxy) is 1. The van der Waals surface area contributed by atoms with E-state index in [1.807, 2.05) is 71.1 Å². The van der Waals surface area contributed by atoms with Crippen molar-refractivity contribution in [3.63, 3.8) is 0 Å². The van der Waals surface area contributed by atoms with Crippen LogP contribution in [0.25, 0.3) is 10.8 Å². The summed E-state index contributed by atoms with van der Waals surface area (Å²) in [6.45, 7) is 8.42. The summed E-state index contributed by atoms with van der Waals surface area (Å²) >= 11 is 0. The number of fused-ring (bicyclic) bond motifs is 1. The van der Waals surface area contributed by atoms with Gasteiger partial charge in [0.05, 0.1) is 0 Å². The Morgan fingerprint density at radius 3 is 2.20 bits per heavy atom. The van der Waals surface area contributed by atoms with Crippen molar-refractivity contribution in [2.24, 2.45) is 0 Å². The molecule has 1 unspecified atom stereocenters. The Labute approximate surface area is 209 Å². The monoisotopic (exact) mass is 474 g/mol.